The summed E-state index contributed by atoms with van der Waals surface area (Å²) in [7, 11) is 4.02. The Hall–Kier alpha value is -0.770. The van der Waals surface area contributed by atoms with Crippen molar-refractivity contribution in [1.82, 2.24) is 0 Å². The second-order valence-corrected chi connectivity index (χ2v) is 5.03. The van der Waals surface area contributed by atoms with Crippen LogP contribution < -0.4 is 10.0 Å². The lowest BCUT2D eigenvalue weighted by molar-refractivity contribution is -0.858. The molecule has 8 heteroatoms. The molecule has 0 unspecified atom stereocenters. The second kappa shape index (κ2) is 7.73. The van der Waals surface area contributed by atoms with E-state index in [0.29, 0.717) is 6.61 Å². The maximum absolute atomic E-state index is 10.4. The summed E-state index contributed by atoms with van der Waals surface area (Å²) >= 11 is 0. The zero-order chi connectivity index (χ0) is 15.2. The number of carbonyl (C=O) groups is 1. The minimum absolute atomic E-state index is 0.294. The number of rotatable bonds is 3. The third kappa shape index (κ3) is 5.81. The molecule has 1 aliphatic carbocycles. The molecule has 0 aliphatic heterocycles. The first-order chi connectivity index (χ1) is 8.64. The zero-order valence-electron chi connectivity index (χ0n) is 11.1. The van der Waals surface area contributed by atoms with Crippen LogP contribution in [0.4, 0.5) is 0 Å². The van der Waals surface area contributed by atoms with Crippen LogP contribution in [0, 0.1) is 0 Å². The number of hydrogen-bond donors (Lipinski definition) is 6. The van der Waals surface area contributed by atoms with Gasteiger partial charge in [-0.1, -0.05) is 0 Å². The summed E-state index contributed by atoms with van der Waals surface area (Å²) in [6.07, 6.45) is -5.39. The number of carbonyl (C=O) groups excluding carboxylic acids is 1. The lowest BCUT2D eigenvalue weighted by atomic mass is 9.80. The zero-order valence-corrected chi connectivity index (χ0v) is 11.1. The Morgan fingerprint density at radius 3 is 1.89 bits per heavy atom. The lowest BCUT2D eigenvalue weighted by Crippen LogP contribution is -3.06. The highest BCUT2D eigenvalue weighted by Gasteiger charge is 2.44. The molecule has 1 aliphatic rings. The van der Waals surface area contributed by atoms with Crippen LogP contribution in [0.3, 0.4) is 0 Å². The van der Waals surface area contributed by atoms with Crippen molar-refractivity contribution >= 4 is 5.97 Å². The molecular weight excluding hydrogens is 258 g/mol. The van der Waals surface area contributed by atoms with Crippen molar-refractivity contribution in [2.24, 2.45) is 0 Å². The number of carboxylic acid groups (broad SMARTS) is 1. The first-order valence-electron chi connectivity index (χ1n) is 6.02. The summed E-state index contributed by atoms with van der Waals surface area (Å²) in [5, 5.41) is 55.1. The van der Waals surface area contributed by atoms with E-state index in [1.165, 1.54) is 4.90 Å². The van der Waals surface area contributed by atoms with Crippen molar-refractivity contribution in [2.45, 2.75) is 36.8 Å². The molecule has 1 fully saturated rings. The van der Waals surface area contributed by atoms with Crippen LogP contribution in [0.2, 0.25) is 0 Å². The second-order valence-electron chi connectivity index (χ2n) is 5.03. The van der Waals surface area contributed by atoms with Crippen LogP contribution in [-0.4, -0.2) is 82.7 Å². The molecule has 2 atom stereocenters. The highest BCUT2D eigenvalue weighted by molar-refractivity contribution is 5.75. The van der Waals surface area contributed by atoms with Crippen molar-refractivity contribution in [3.8, 4) is 0 Å². The molecule has 8 nitrogen and oxygen atoms in total. The van der Waals surface area contributed by atoms with Crippen LogP contribution in [0.15, 0.2) is 0 Å². The van der Waals surface area contributed by atoms with Crippen LogP contribution in [0.1, 0.15) is 12.8 Å². The highest BCUT2D eigenvalue weighted by Crippen LogP contribution is 2.28. The van der Waals surface area contributed by atoms with E-state index in [1.54, 1.807) is 0 Å². The molecule has 0 aromatic rings. The number of carboxylic acids is 1. The van der Waals surface area contributed by atoms with E-state index in [-0.39, 0.29) is 0 Å². The SMILES string of the molecule is C[NH+](C)CCO.O=C([O-])C1(O)C[C@@H](O)C(O)[C@H](O)C1. The quantitative estimate of drug-likeness (QED) is 0.302. The average Bonchev–Trinajstić information content (AvgIpc) is 2.26. The van der Waals surface area contributed by atoms with Crippen LogP contribution in [0.5, 0.6) is 0 Å². The normalized spacial score (nSPS) is 34.6. The number of aliphatic hydroxyl groups is 5. The molecule has 0 radical (unpaired) electrons. The van der Waals surface area contributed by atoms with Gasteiger partial charge in [0.15, 0.2) is 0 Å². The number of quaternary nitrogens is 1. The fraction of sp³-hybridized carbons (Fsp3) is 0.909. The predicted molar refractivity (Wildman–Crippen MR) is 62.0 cm³/mol. The Labute approximate surface area is 111 Å². The largest absolute Gasteiger partial charge is 0.547 e. The molecule has 0 saturated heterocycles. The van der Waals surface area contributed by atoms with Crippen molar-refractivity contribution < 1.29 is 40.3 Å². The van der Waals surface area contributed by atoms with Gasteiger partial charge in [0.2, 0.25) is 0 Å². The van der Waals surface area contributed by atoms with Gasteiger partial charge < -0.3 is 40.3 Å². The molecule has 0 amide bonds. The summed E-state index contributed by atoms with van der Waals surface area (Å²) < 4.78 is 0. The van der Waals surface area contributed by atoms with Crippen LogP contribution in [0.25, 0.3) is 0 Å². The van der Waals surface area contributed by atoms with Gasteiger partial charge in [0.05, 0.1) is 38.9 Å². The van der Waals surface area contributed by atoms with Crippen LogP contribution in [-0.2, 0) is 4.79 Å². The van der Waals surface area contributed by atoms with E-state index in [0.717, 1.165) is 6.54 Å². The standard InChI is InChI=1S/C7H12O6.C4H11NO/c8-3-1-7(13,6(11)12)2-4(9)5(3)10;1-5(2)3-4-6/h3-5,8-10,13H,1-2H2,(H,11,12);6H,3-4H2,1-2H3/t3-,4-,5?,7?;/m1./s1. The number of nitrogens with one attached hydrogen (secondary N) is 1. The Kier molecular flexibility index (Phi) is 7.42. The van der Waals surface area contributed by atoms with E-state index in [4.69, 9.17) is 20.4 Å². The molecule has 0 aromatic heterocycles. The third-order valence-corrected chi connectivity index (χ3v) is 2.87. The van der Waals surface area contributed by atoms with Gasteiger partial charge in [-0.2, -0.15) is 0 Å². The van der Waals surface area contributed by atoms with Crippen molar-refractivity contribution in [3.05, 3.63) is 0 Å². The Balaban J connectivity index is 0.000000459. The average molecular weight is 281 g/mol. The maximum atomic E-state index is 10.4. The maximum Gasteiger partial charge on any atom is 0.109 e. The van der Waals surface area contributed by atoms with Gasteiger partial charge in [0.25, 0.3) is 0 Å². The first kappa shape index (κ1) is 18.2. The van der Waals surface area contributed by atoms with E-state index in [9.17, 15) is 15.0 Å². The van der Waals surface area contributed by atoms with E-state index in [1.807, 2.05) is 14.1 Å². The van der Waals surface area contributed by atoms with E-state index in [2.05, 4.69) is 0 Å². The highest BCUT2D eigenvalue weighted by atomic mass is 16.4. The molecular formula is C11H23NO7. The molecule has 0 aromatic carbocycles. The fourth-order valence-corrected chi connectivity index (χ4v) is 1.66. The van der Waals surface area contributed by atoms with Gasteiger partial charge in [0, 0.05) is 12.8 Å². The fourth-order valence-electron chi connectivity index (χ4n) is 1.66. The Bertz CT molecular complexity index is 272. The van der Waals surface area contributed by atoms with Gasteiger partial charge >= 0.3 is 0 Å². The Morgan fingerprint density at radius 2 is 1.68 bits per heavy atom. The number of aliphatic carboxylic acids is 1. The summed E-state index contributed by atoms with van der Waals surface area (Å²) in [6, 6.07) is 0. The van der Waals surface area contributed by atoms with Gasteiger partial charge in [-0.25, -0.2) is 0 Å². The molecule has 6 N–H and O–H groups in total. The minimum atomic E-state index is -2.25. The predicted octanol–water partition coefficient (Wildman–Crippen LogP) is -5.53. The molecule has 1 rings (SSSR count). The summed E-state index contributed by atoms with van der Waals surface area (Å²) in [5.41, 5.74) is -2.25. The topological polar surface area (TPSA) is 146 Å². The Morgan fingerprint density at radius 1 is 1.26 bits per heavy atom. The van der Waals surface area contributed by atoms with Gasteiger partial charge in [-0.15, -0.1) is 0 Å². The smallest absolute Gasteiger partial charge is 0.109 e. The molecule has 0 heterocycles. The lowest BCUT2D eigenvalue weighted by Gasteiger charge is -2.40. The van der Waals surface area contributed by atoms with Crippen molar-refractivity contribution in [3.63, 3.8) is 0 Å². The molecule has 114 valence electrons. The number of hydrogen-bond acceptors (Lipinski definition) is 7. The minimum Gasteiger partial charge on any atom is -0.547 e. The summed E-state index contributed by atoms with van der Waals surface area (Å²) in [6.45, 7) is 1.14. The number of aliphatic hydroxyl groups excluding tert-OH is 4. The molecule has 0 bridgehead atoms. The monoisotopic (exact) mass is 281 g/mol. The van der Waals surface area contributed by atoms with Gasteiger partial charge in [-0.05, 0) is 0 Å². The van der Waals surface area contributed by atoms with E-state index >= 15 is 0 Å². The van der Waals surface area contributed by atoms with Gasteiger partial charge in [0.1, 0.15) is 18.2 Å². The summed E-state index contributed by atoms with van der Waals surface area (Å²) in [4.78, 5) is 11.7. The van der Waals surface area contributed by atoms with Crippen molar-refractivity contribution in [1.29, 1.82) is 0 Å². The van der Waals surface area contributed by atoms with E-state index < -0.39 is 42.7 Å². The van der Waals surface area contributed by atoms with Crippen molar-refractivity contribution in [2.75, 3.05) is 27.2 Å². The molecule has 19 heavy (non-hydrogen) atoms. The van der Waals surface area contributed by atoms with Crippen LogP contribution >= 0.6 is 0 Å². The third-order valence-electron chi connectivity index (χ3n) is 2.87. The number of likely N-dealkylation sites (N-methyl/N-ethyl adjacent to an activating group) is 1. The summed E-state index contributed by atoms with van der Waals surface area (Å²) in [5.74, 6) is -1.75. The first-order valence-corrected chi connectivity index (χ1v) is 6.02. The molecule has 0 spiro atoms. The molecule has 1 saturated carbocycles. The van der Waals surface area contributed by atoms with Gasteiger partial charge in [-0.3, -0.25) is 0 Å².